The van der Waals surface area contributed by atoms with Gasteiger partial charge in [-0.25, -0.2) is 0 Å². The minimum atomic E-state index is -0.0278. The van der Waals surface area contributed by atoms with Crippen LogP contribution in [0.15, 0.2) is 48.5 Å². The Morgan fingerprint density at radius 2 is 1.91 bits per heavy atom. The molecule has 4 heteroatoms. The van der Waals surface area contributed by atoms with E-state index in [-0.39, 0.29) is 5.91 Å². The molecular weight excluding hydrogens is 292 g/mol. The molecule has 0 spiro atoms. The van der Waals surface area contributed by atoms with Crippen LogP contribution >= 0.6 is 12.2 Å². The number of rotatable bonds is 5. The predicted molar refractivity (Wildman–Crippen MR) is 95.5 cm³/mol. The van der Waals surface area contributed by atoms with Crippen LogP contribution in [0.3, 0.4) is 0 Å². The SMILES string of the molecule is CCN(C(=O)c1ccccc1CC(N)=S)c1cccc(C)c1. The van der Waals surface area contributed by atoms with E-state index >= 15 is 0 Å². The summed E-state index contributed by atoms with van der Waals surface area (Å²) in [5.41, 5.74) is 9.18. The Hall–Kier alpha value is -2.20. The van der Waals surface area contributed by atoms with Gasteiger partial charge < -0.3 is 10.6 Å². The monoisotopic (exact) mass is 312 g/mol. The van der Waals surface area contributed by atoms with Gasteiger partial charge in [0.2, 0.25) is 0 Å². The van der Waals surface area contributed by atoms with E-state index < -0.39 is 0 Å². The van der Waals surface area contributed by atoms with E-state index in [1.165, 1.54) is 0 Å². The van der Waals surface area contributed by atoms with Crippen LogP contribution < -0.4 is 10.6 Å². The van der Waals surface area contributed by atoms with E-state index in [1.807, 2.05) is 62.4 Å². The fraction of sp³-hybridized carbons (Fsp3) is 0.222. The second-order valence-corrected chi connectivity index (χ2v) is 5.71. The van der Waals surface area contributed by atoms with Gasteiger partial charge in [-0.2, -0.15) is 0 Å². The summed E-state index contributed by atoms with van der Waals surface area (Å²) in [7, 11) is 0. The molecule has 0 saturated carbocycles. The molecule has 2 aromatic rings. The Kier molecular flexibility index (Phi) is 5.28. The quantitative estimate of drug-likeness (QED) is 0.860. The molecule has 2 aromatic carbocycles. The van der Waals surface area contributed by atoms with Crippen molar-refractivity contribution >= 4 is 28.8 Å². The molecule has 2 rings (SSSR count). The number of hydrogen-bond donors (Lipinski definition) is 1. The Balaban J connectivity index is 2.39. The third kappa shape index (κ3) is 3.71. The first-order valence-corrected chi connectivity index (χ1v) is 7.68. The zero-order valence-electron chi connectivity index (χ0n) is 12.9. The summed E-state index contributed by atoms with van der Waals surface area (Å²) in [5, 5.41) is 0. The maximum atomic E-state index is 12.9. The highest BCUT2D eigenvalue weighted by atomic mass is 32.1. The van der Waals surface area contributed by atoms with Crippen molar-refractivity contribution in [1.29, 1.82) is 0 Å². The number of benzene rings is 2. The number of carbonyl (C=O) groups is 1. The van der Waals surface area contributed by atoms with Crippen LogP contribution in [-0.2, 0) is 6.42 Å². The summed E-state index contributed by atoms with van der Waals surface area (Å²) in [6, 6.07) is 15.4. The van der Waals surface area contributed by atoms with Crippen molar-refractivity contribution in [3.8, 4) is 0 Å². The fourth-order valence-electron chi connectivity index (χ4n) is 2.46. The topological polar surface area (TPSA) is 46.3 Å². The standard InChI is InChI=1S/C18H20N2OS/c1-3-20(15-9-6-7-13(2)11-15)18(21)16-10-5-4-8-14(16)12-17(19)22/h4-11H,3,12H2,1-2H3,(H2,19,22). The third-order valence-corrected chi connectivity index (χ3v) is 3.63. The smallest absolute Gasteiger partial charge is 0.258 e. The maximum absolute atomic E-state index is 12.9. The molecule has 0 aliphatic carbocycles. The molecule has 0 aliphatic rings. The van der Waals surface area contributed by atoms with E-state index in [1.54, 1.807) is 4.90 Å². The first-order valence-electron chi connectivity index (χ1n) is 7.27. The van der Waals surface area contributed by atoms with Crippen molar-refractivity contribution in [3.05, 3.63) is 65.2 Å². The van der Waals surface area contributed by atoms with Crippen molar-refractivity contribution in [2.24, 2.45) is 5.73 Å². The van der Waals surface area contributed by atoms with Crippen LogP contribution in [-0.4, -0.2) is 17.4 Å². The second-order valence-electron chi connectivity index (χ2n) is 5.19. The molecule has 0 unspecified atom stereocenters. The van der Waals surface area contributed by atoms with E-state index in [4.69, 9.17) is 18.0 Å². The minimum absolute atomic E-state index is 0.0278. The van der Waals surface area contributed by atoms with Gasteiger partial charge in [-0.3, -0.25) is 4.79 Å². The Labute approximate surface area is 136 Å². The van der Waals surface area contributed by atoms with Gasteiger partial charge in [0.25, 0.3) is 5.91 Å². The number of anilines is 1. The number of nitrogens with two attached hydrogens (primary N) is 1. The molecule has 0 aromatic heterocycles. The van der Waals surface area contributed by atoms with Gasteiger partial charge in [0, 0.05) is 24.2 Å². The van der Waals surface area contributed by atoms with Crippen LogP contribution in [0.2, 0.25) is 0 Å². The van der Waals surface area contributed by atoms with E-state index in [9.17, 15) is 4.79 Å². The van der Waals surface area contributed by atoms with Crippen molar-refractivity contribution in [2.45, 2.75) is 20.3 Å². The number of nitrogens with zero attached hydrogens (tertiary/aromatic N) is 1. The predicted octanol–water partition coefficient (Wildman–Crippen LogP) is 3.49. The summed E-state index contributed by atoms with van der Waals surface area (Å²) in [5.74, 6) is -0.0278. The lowest BCUT2D eigenvalue weighted by Gasteiger charge is -2.23. The Bertz CT molecular complexity index is 697. The molecule has 0 aliphatic heterocycles. The first-order chi connectivity index (χ1) is 10.5. The molecule has 0 saturated heterocycles. The van der Waals surface area contributed by atoms with Crippen LogP contribution in [0.5, 0.6) is 0 Å². The van der Waals surface area contributed by atoms with Crippen LogP contribution in [0.4, 0.5) is 5.69 Å². The molecule has 0 heterocycles. The third-order valence-electron chi connectivity index (χ3n) is 3.49. The second kappa shape index (κ2) is 7.18. The van der Waals surface area contributed by atoms with E-state index in [0.717, 1.165) is 16.8 Å². The number of thiocarbonyl (C=S) groups is 1. The maximum Gasteiger partial charge on any atom is 0.258 e. The molecule has 1 amide bonds. The molecule has 3 nitrogen and oxygen atoms in total. The lowest BCUT2D eigenvalue weighted by Crippen LogP contribution is -2.31. The summed E-state index contributed by atoms with van der Waals surface area (Å²) in [6.45, 7) is 4.59. The van der Waals surface area contributed by atoms with Gasteiger partial charge in [0.1, 0.15) is 0 Å². The molecule has 0 fully saturated rings. The lowest BCUT2D eigenvalue weighted by molar-refractivity contribution is 0.0987. The van der Waals surface area contributed by atoms with Crippen molar-refractivity contribution < 1.29 is 4.79 Å². The van der Waals surface area contributed by atoms with Gasteiger partial charge in [0.05, 0.1) is 4.99 Å². The van der Waals surface area contributed by atoms with Gasteiger partial charge in [-0.15, -0.1) is 0 Å². The van der Waals surface area contributed by atoms with Crippen LogP contribution in [0, 0.1) is 6.92 Å². The summed E-state index contributed by atoms with van der Waals surface area (Å²) < 4.78 is 0. The van der Waals surface area contributed by atoms with Crippen molar-refractivity contribution in [1.82, 2.24) is 0 Å². The number of carbonyl (C=O) groups excluding carboxylic acids is 1. The van der Waals surface area contributed by atoms with Crippen molar-refractivity contribution in [3.63, 3.8) is 0 Å². The highest BCUT2D eigenvalue weighted by molar-refractivity contribution is 7.80. The normalized spacial score (nSPS) is 10.3. The van der Waals surface area contributed by atoms with Crippen LogP contribution in [0.25, 0.3) is 0 Å². The number of aryl methyl sites for hydroxylation is 1. The zero-order valence-corrected chi connectivity index (χ0v) is 13.7. The van der Waals surface area contributed by atoms with Gasteiger partial charge in [0.15, 0.2) is 0 Å². The molecular formula is C18H20N2OS. The van der Waals surface area contributed by atoms with E-state index in [2.05, 4.69) is 0 Å². The fourth-order valence-corrected chi connectivity index (χ4v) is 2.61. The largest absolute Gasteiger partial charge is 0.393 e. The highest BCUT2D eigenvalue weighted by Gasteiger charge is 2.19. The molecule has 0 bridgehead atoms. The molecule has 22 heavy (non-hydrogen) atoms. The number of hydrogen-bond acceptors (Lipinski definition) is 2. The Morgan fingerprint density at radius 1 is 1.18 bits per heavy atom. The van der Waals surface area contributed by atoms with Crippen LogP contribution in [0.1, 0.15) is 28.4 Å². The minimum Gasteiger partial charge on any atom is -0.393 e. The Morgan fingerprint density at radius 3 is 2.55 bits per heavy atom. The highest BCUT2D eigenvalue weighted by Crippen LogP contribution is 2.20. The van der Waals surface area contributed by atoms with E-state index in [0.29, 0.717) is 23.5 Å². The van der Waals surface area contributed by atoms with Crippen molar-refractivity contribution in [2.75, 3.05) is 11.4 Å². The summed E-state index contributed by atoms with van der Waals surface area (Å²) in [6.07, 6.45) is 0.433. The average molecular weight is 312 g/mol. The summed E-state index contributed by atoms with van der Waals surface area (Å²) >= 11 is 4.98. The molecule has 0 atom stereocenters. The summed E-state index contributed by atoms with van der Waals surface area (Å²) in [4.78, 5) is 15.1. The number of amides is 1. The van der Waals surface area contributed by atoms with Gasteiger partial charge >= 0.3 is 0 Å². The molecule has 114 valence electrons. The lowest BCUT2D eigenvalue weighted by atomic mass is 10.0. The average Bonchev–Trinajstić information content (AvgIpc) is 2.48. The first kappa shape index (κ1) is 16.2. The zero-order chi connectivity index (χ0) is 16.1. The van der Waals surface area contributed by atoms with Gasteiger partial charge in [-0.05, 0) is 43.2 Å². The van der Waals surface area contributed by atoms with Gasteiger partial charge in [-0.1, -0.05) is 42.5 Å². The molecule has 2 N–H and O–H groups in total. The molecule has 0 radical (unpaired) electrons.